The van der Waals surface area contributed by atoms with E-state index in [1.165, 1.54) is 18.9 Å². The molecule has 0 radical (unpaired) electrons. The number of aromatic amines is 1. The van der Waals surface area contributed by atoms with Crippen LogP contribution in [0.25, 0.3) is 0 Å². The Bertz CT molecular complexity index is 1020. The number of nitrogens with zero attached hydrogens (tertiary/aromatic N) is 2. The van der Waals surface area contributed by atoms with E-state index in [-0.39, 0.29) is 11.5 Å². The molecular formula is C22H25F6N3O6. The molecule has 2 bridgehead atoms. The number of rotatable bonds is 3. The van der Waals surface area contributed by atoms with Crippen LogP contribution in [0.15, 0.2) is 35.1 Å². The Morgan fingerprint density at radius 1 is 0.892 bits per heavy atom. The van der Waals surface area contributed by atoms with Crippen molar-refractivity contribution in [2.75, 3.05) is 32.7 Å². The molecule has 3 N–H and O–H groups in total. The number of hydrogen-bond donors (Lipinski definition) is 3. The number of H-pyrrole nitrogens is 1. The molecule has 206 valence electrons. The van der Waals surface area contributed by atoms with Crippen molar-refractivity contribution in [3.05, 3.63) is 46.4 Å². The summed E-state index contributed by atoms with van der Waals surface area (Å²) in [4.78, 5) is 48.5. The third kappa shape index (κ3) is 9.22. The van der Waals surface area contributed by atoms with Crippen LogP contribution in [-0.4, -0.2) is 87.9 Å². The summed E-state index contributed by atoms with van der Waals surface area (Å²) in [5.41, 5.74) is 0.169. The fraction of sp³-hybridized carbons (Fsp3) is 0.545. The second kappa shape index (κ2) is 12.3. The SMILES string of the molecule is O=C(O)C(F)(F)F.O=C(O)C(F)(F)F.O=C(c1cccc(=O)[nH]1)N1CCN(CC2C[C@@H]3C=C[C@H]2C3)CC1. The molecule has 1 aromatic heterocycles. The first kappa shape index (κ1) is 29.9. The summed E-state index contributed by atoms with van der Waals surface area (Å²) in [6.45, 7) is 4.51. The molecule has 15 heteroatoms. The summed E-state index contributed by atoms with van der Waals surface area (Å²) < 4.78 is 63.5. The molecule has 3 atom stereocenters. The number of alkyl halides is 6. The highest BCUT2D eigenvalue weighted by molar-refractivity contribution is 5.92. The maximum Gasteiger partial charge on any atom is 0.490 e. The zero-order valence-corrected chi connectivity index (χ0v) is 19.3. The van der Waals surface area contributed by atoms with E-state index in [0.717, 1.165) is 50.5 Å². The monoisotopic (exact) mass is 541 g/mol. The molecule has 1 aliphatic heterocycles. The van der Waals surface area contributed by atoms with Gasteiger partial charge in [-0.3, -0.25) is 14.5 Å². The lowest BCUT2D eigenvalue weighted by Gasteiger charge is -2.36. The predicted molar refractivity (Wildman–Crippen MR) is 116 cm³/mol. The number of allylic oxidation sites excluding steroid dienone is 2. The lowest BCUT2D eigenvalue weighted by molar-refractivity contribution is -0.193. The van der Waals surface area contributed by atoms with Gasteiger partial charge in [-0.05, 0) is 36.7 Å². The summed E-state index contributed by atoms with van der Waals surface area (Å²) in [7, 11) is 0. The minimum atomic E-state index is -5.08. The highest BCUT2D eigenvalue weighted by Crippen LogP contribution is 2.43. The number of nitrogens with one attached hydrogen (secondary N) is 1. The van der Waals surface area contributed by atoms with Gasteiger partial charge in [-0.25, -0.2) is 9.59 Å². The first-order valence-electron chi connectivity index (χ1n) is 11.1. The van der Waals surface area contributed by atoms with Gasteiger partial charge in [-0.2, -0.15) is 26.3 Å². The molecule has 4 rings (SSSR count). The van der Waals surface area contributed by atoms with E-state index >= 15 is 0 Å². The summed E-state index contributed by atoms with van der Waals surface area (Å²) in [6.07, 6.45) is -2.68. The standard InChI is InChI=1S/C18H23N3O2.2C2HF3O2/c22-17-3-1-2-16(19-17)18(23)21-8-6-20(7-9-21)12-15-11-13-4-5-14(15)10-13;2*3-2(4,5)1(6)7/h1-5,13-15H,6-12H2,(H,19,22);2*(H,6,7)/t13-,14+,15?;;/m1../s1. The number of carbonyl (C=O) groups is 3. The van der Waals surface area contributed by atoms with Crippen molar-refractivity contribution in [2.24, 2.45) is 17.8 Å². The maximum absolute atomic E-state index is 12.4. The van der Waals surface area contributed by atoms with Gasteiger partial charge in [0.1, 0.15) is 5.69 Å². The molecule has 1 unspecified atom stereocenters. The number of hydrogen-bond acceptors (Lipinski definition) is 5. The Hall–Kier alpha value is -3.36. The van der Waals surface area contributed by atoms with Gasteiger partial charge in [0.2, 0.25) is 5.56 Å². The van der Waals surface area contributed by atoms with E-state index in [1.807, 2.05) is 4.90 Å². The highest BCUT2D eigenvalue weighted by Gasteiger charge is 2.39. The van der Waals surface area contributed by atoms with Gasteiger partial charge in [-0.1, -0.05) is 18.2 Å². The summed E-state index contributed by atoms with van der Waals surface area (Å²) in [6, 6.07) is 4.74. The average molecular weight is 541 g/mol. The van der Waals surface area contributed by atoms with Gasteiger partial charge in [0.05, 0.1) is 0 Å². The van der Waals surface area contributed by atoms with Crippen LogP contribution in [0.2, 0.25) is 0 Å². The summed E-state index contributed by atoms with van der Waals surface area (Å²) in [5.74, 6) is -3.17. The minimum Gasteiger partial charge on any atom is -0.475 e. The van der Waals surface area contributed by atoms with Crippen molar-refractivity contribution in [3.8, 4) is 0 Å². The molecular weight excluding hydrogens is 516 g/mol. The Morgan fingerprint density at radius 3 is 1.84 bits per heavy atom. The average Bonchev–Trinajstić information content (AvgIpc) is 3.42. The van der Waals surface area contributed by atoms with E-state index < -0.39 is 24.3 Å². The van der Waals surface area contributed by atoms with Crippen molar-refractivity contribution < 1.29 is 50.9 Å². The topological polar surface area (TPSA) is 131 Å². The number of carboxylic acids is 2. The summed E-state index contributed by atoms with van der Waals surface area (Å²) >= 11 is 0. The van der Waals surface area contributed by atoms with Crippen molar-refractivity contribution in [1.82, 2.24) is 14.8 Å². The molecule has 2 heterocycles. The van der Waals surface area contributed by atoms with Gasteiger partial charge in [0, 0.05) is 38.8 Å². The van der Waals surface area contributed by atoms with Gasteiger partial charge >= 0.3 is 24.3 Å². The number of pyridine rings is 1. The van der Waals surface area contributed by atoms with Crippen LogP contribution in [-0.2, 0) is 9.59 Å². The van der Waals surface area contributed by atoms with Crippen molar-refractivity contribution in [1.29, 1.82) is 0 Å². The van der Waals surface area contributed by atoms with Gasteiger partial charge in [0.25, 0.3) is 5.91 Å². The summed E-state index contributed by atoms with van der Waals surface area (Å²) in [5, 5.41) is 14.2. The Kier molecular flexibility index (Phi) is 9.89. The molecule has 9 nitrogen and oxygen atoms in total. The van der Waals surface area contributed by atoms with E-state index in [2.05, 4.69) is 22.0 Å². The van der Waals surface area contributed by atoms with Crippen LogP contribution >= 0.6 is 0 Å². The predicted octanol–water partition coefficient (Wildman–Crippen LogP) is 2.61. The molecule has 37 heavy (non-hydrogen) atoms. The molecule has 0 spiro atoms. The number of aromatic nitrogens is 1. The molecule has 0 aromatic carbocycles. The third-order valence-corrected chi connectivity index (χ3v) is 6.05. The normalized spacial score (nSPS) is 23.0. The number of piperazine rings is 1. The molecule has 2 aliphatic carbocycles. The molecule has 1 saturated heterocycles. The molecule has 2 fully saturated rings. The number of aliphatic carboxylic acids is 2. The largest absolute Gasteiger partial charge is 0.490 e. The zero-order valence-electron chi connectivity index (χ0n) is 19.3. The van der Waals surface area contributed by atoms with Crippen LogP contribution in [0.3, 0.4) is 0 Å². The highest BCUT2D eigenvalue weighted by atomic mass is 19.4. The molecule has 3 aliphatic rings. The van der Waals surface area contributed by atoms with Crippen LogP contribution < -0.4 is 5.56 Å². The second-order valence-electron chi connectivity index (χ2n) is 8.67. The Morgan fingerprint density at radius 2 is 1.43 bits per heavy atom. The minimum absolute atomic E-state index is 0.0646. The Labute approximate surface area is 206 Å². The van der Waals surface area contributed by atoms with Crippen molar-refractivity contribution >= 4 is 17.8 Å². The molecule has 1 amide bonds. The van der Waals surface area contributed by atoms with Crippen molar-refractivity contribution in [3.63, 3.8) is 0 Å². The smallest absolute Gasteiger partial charge is 0.475 e. The second-order valence-corrected chi connectivity index (χ2v) is 8.67. The number of amides is 1. The third-order valence-electron chi connectivity index (χ3n) is 6.05. The van der Waals surface area contributed by atoms with E-state index in [9.17, 15) is 35.9 Å². The first-order valence-corrected chi connectivity index (χ1v) is 11.1. The van der Waals surface area contributed by atoms with Crippen LogP contribution in [0.4, 0.5) is 26.3 Å². The van der Waals surface area contributed by atoms with Crippen LogP contribution in [0.5, 0.6) is 0 Å². The number of halogens is 6. The molecule has 1 saturated carbocycles. The van der Waals surface area contributed by atoms with Gasteiger partial charge < -0.3 is 20.1 Å². The van der Waals surface area contributed by atoms with Crippen LogP contribution in [0, 0.1) is 17.8 Å². The van der Waals surface area contributed by atoms with E-state index in [0.29, 0.717) is 5.69 Å². The molecule has 1 aromatic rings. The Balaban J connectivity index is 0.000000286. The van der Waals surface area contributed by atoms with Gasteiger partial charge in [0.15, 0.2) is 0 Å². The zero-order chi connectivity index (χ0) is 28.0. The fourth-order valence-electron chi connectivity index (χ4n) is 4.31. The fourth-order valence-corrected chi connectivity index (χ4v) is 4.31. The van der Waals surface area contributed by atoms with Gasteiger partial charge in [-0.15, -0.1) is 0 Å². The van der Waals surface area contributed by atoms with Crippen molar-refractivity contribution in [2.45, 2.75) is 25.2 Å². The number of carbonyl (C=O) groups excluding carboxylic acids is 1. The quantitative estimate of drug-likeness (QED) is 0.396. The first-order chi connectivity index (χ1) is 17.1. The number of carboxylic acid groups (broad SMARTS) is 2. The maximum atomic E-state index is 12.4. The lowest BCUT2D eigenvalue weighted by Crippen LogP contribution is -2.50. The van der Waals surface area contributed by atoms with E-state index in [4.69, 9.17) is 19.8 Å². The number of fused-ring (bicyclic) bond motifs is 2. The lowest BCUT2D eigenvalue weighted by atomic mass is 9.93. The van der Waals surface area contributed by atoms with E-state index in [1.54, 1.807) is 12.1 Å². The van der Waals surface area contributed by atoms with Crippen LogP contribution in [0.1, 0.15) is 23.3 Å².